The van der Waals surface area contributed by atoms with Gasteiger partial charge in [0.2, 0.25) is 5.91 Å². The summed E-state index contributed by atoms with van der Waals surface area (Å²) in [6, 6.07) is 13.9. The van der Waals surface area contributed by atoms with Gasteiger partial charge in [-0.25, -0.2) is 0 Å². The molecule has 21 heavy (non-hydrogen) atoms. The van der Waals surface area contributed by atoms with Gasteiger partial charge in [-0.05, 0) is 54.8 Å². The molecule has 0 spiro atoms. The van der Waals surface area contributed by atoms with E-state index in [9.17, 15) is 4.79 Å². The largest absolute Gasteiger partial charge is 0.494 e. The molecule has 1 heterocycles. The summed E-state index contributed by atoms with van der Waals surface area (Å²) in [7, 11) is 0. The lowest BCUT2D eigenvalue weighted by Gasteiger charge is -2.10. The molecule has 0 saturated heterocycles. The van der Waals surface area contributed by atoms with Crippen LogP contribution in [0.2, 0.25) is 0 Å². The number of hydrogen-bond acceptors (Lipinski definition) is 2. The topological polar surface area (TPSA) is 38.3 Å². The highest BCUT2D eigenvalue weighted by Crippen LogP contribution is 2.36. The van der Waals surface area contributed by atoms with E-state index in [0.29, 0.717) is 13.0 Å². The molecule has 1 amide bonds. The van der Waals surface area contributed by atoms with Crippen molar-refractivity contribution in [3.63, 3.8) is 0 Å². The Bertz CT molecular complexity index is 667. The number of ether oxygens (including phenoxy) is 1. The Balaban J connectivity index is 1.82. The van der Waals surface area contributed by atoms with E-state index >= 15 is 0 Å². The van der Waals surface area contributed by atoms with Crippen molar-refractivity contribution in [3.05, 3.63) is 58.1 Å². The van der Waals surface area contributed by atoms with Crippen molar-refractivity contribution in [3.8, 4) is 5.75 Å². The molecule has 0 fully saturated rings. The second kappa shape index (κ2) is 5.90. The van der Waals surface area contributed by atoms with Crippen molar-refractivity contribution < 1.29 is 9.53 Å². The maximum absolute atomic E-state index is 12.2. The summed E-state index contributed by atoms with van der Waals surface area (Å²) in [6.45, 7) is 2.62. The Kier molecular flexibility index (Phi) is 3.97. The van der Waals surface area contributed by atoms with Crippen molar-refractivity contribution in [1.82, 2.24) is 0 Å². The molecule has 0 bridgehead atoms. The first-order valence-corrected chi connectivity index (χ1v) is 7.78. The Morgan fingerprint density at radius 2 is 1.95 bits per heavy atom. The van der Waals surface area contributed by atoms with E-state index in [1.54, 1.807) is 0 Å². The fourth-order valence-electron chi connectivity index (χ4n) is 2.62. The zero-order chi connectivity index (χ0) is 14.8. The minimum atomic E-state index is -0.129. The van der Waals surface area contributed by atoms with E-state index in [4.69, 9.17) is 4.74 Å². The molecule has 0 aromatic heterocycles. The monoisotopic (exact) mass is 345 g/mol. The van der Waals surface area contributed by atoms with E-state index in [0.717, 1.165) is 27.0 Å². The first-order chi connectivity index (χ1) is 10.2. The van der Waals surface area contributed by atoms with Crippen molar-refractivity contribution in [2.24, 2.45) is 0 Å². The van der Waals surface area contributed by atoms with Crippen LogP contribution in [0.5, 0.6) is 5.75 Å². The summed E-state index contributed by atoms with van der Waals surface area (Å²) < 4.78 is 6.43. The zero-order valence-electron chi connectivity index (χ0n) is 11.7. The average molecular weight is 346 g/mol. The van der Waals surface area contributed by atoms with Crippen molar-refractivity contribution in [1.29, 1.82) is 0 Å². The molecule has 0 aliphatic carbocycles. The number of carbonyl (C=O) groups is 1. The third-order valence-electron chi connectivity index (χ3n) is 3.64. The summed E-state index contributed by atoms with van der Waals surface area (Å²) in [5, 5.41) is 2.94. The number of hydrogen-bond donors (Lipinski definition) is 1. The second-order valence-corrected chi connectivity index (χ2v) is 5.97. The number of halogens is 1. The van der Waals surface area contributed by atoms with Crippen LogP contribution < -0.4 is 10.1 Å². The van der Waals surface area contributed by atoms with Gasteiger partial charge in [-0.15, -0.1) is 0 Å². The summed E-state index contributed by atoms with van der Waals surface area (Å²) in [6.07, 6.45) is 0.696. The number of fused-ring (bicyclic) bond motifs is 1. The molecule has 0 saturated carbocycles. The fraction of sp³-hybridized carbons (Fsp3) is 0.235. The van der Waals surface area contributed by atoms with Gasteiger partial charge in [0, 0.05) is 10.2 Å². The molecule has 1 atom stereocenters. The molecule has 1 N–H and O–H groups in total. The van der Waals surface area contributed by atoms with E-state index in [2.05, 4.69) is 21.2 Å². The van der Waals surface area contributed by atoms with Crippen molar-refractivity contribution >= 4 is 27.5 Å². The first-order valence-electron chi connectivity index (χ1n) is 6.99. The minimum absolute atomic E-state index is 0.0667. The molecule has 108 valence electrons. The maximum Gasteiger partial charge on any atom is 0.232 e. The van der Waals surface area contributed by atoms with E-state index in [1.807, 2.05) is 49.4 Å². The molecule has 0 radical (unpaired) electrons. The molecule has 1 aliphatic rings. The third kappa shape index (κ3) is 2.95. The Hall–Kier alpha value is -1.81. The number of nitrogens with one attached hydrogen (secondary N) is 1. The summed E-state index contributed by atoms with van der Waals surface area (Å²) in [5.41, 5.74) is 3.11. The van der Waals surface area contributed by atoms with Gasteiger partial charge in [0.1, 0.15) is 5.75 Å². The lowest BCUT2D eigenvalue weighted by atomic mass is 9.93. The molecule has 1 aliphatic heterocycles. The molecule has 3 nitrogen and oxygen atoms in total. The molecule has 2 aromatic rings. The highest BCUT2D eigenvalue weighted by atomic mass is 79.9. The van der Waals surface area contributed by atoms with E-state index in [-0.39, 0.29) is 11.8 Å². The van der Waals surface area contributed by atoms with Gasteiger partial charge in [-0.2, -0.15) is 0 Å². The van der Waals surface area contributed by atoms with Crippen LogP contribution in [0.25, 0.3) is 0 Å². The molecule has 0 unspecified atom stereocenters. The fourth-order valence-corrected chi connectivity index (χ4v) is 3.00. The summed E-state index contributed by atoms with van der Waals surface area (Å²) >= 11 is 3.47. The van der Waals surface area contributed by atoms with Gasteiger partial charge in [0.15, 0.2) is 0 Å². The predicted molar refractivity (Wildman–Crippen MR) is 86.8 cm³/mol. The highest BCUT2D eigenvalue weighted by Gasteiger charge is 2.30. The Morgan fingerprint density at radius 1 is 1.19 bits per heavy atom. The lowest BCUT2D eigenvalue weighted by molar-refractivity contribution is -0.117. The molecule has 2 aromatic carbocycles. The summed E-state index contributed by atoms with van der Waals surface area (Å²) in [5.74, 6) is 0.799. The van der Waals surface area contributed by atoms with Crippen LogP contribution in [-0.4, -0.2) is 12.5 Å². The number of carbonyl (C=O) groups excluding carboxylic acids is 1. The normalized spacial score (nSPS) is 16.5. The van der Waals surface area contributed by atoms with E-state index < -0.39 is 0 Å². The zero-order valence-corrected chi connectivity index (χ0v) is 13.3. The van der Waals surface area contributed by atoms with Gasteiger partial charge >= 0.3 is 0 Å². The predicted octanol–water partition coefficient (Wildman–Crippen LogP) is 4.13. The van der Waals surface area contributed by atoms with Crippen LogP contribution in [0.1, 0.15) is 24.0 Å². The smallest absolute Gasteiger partial charge is 0.232 e. The average Bonchev–Trinajstić information content (AvgIpc) is 2.77. The number of benzene rings is 2. The molecule has 4 heteroatoms. The molecule has 3 rings (SSSR count). The molecular formula is C17H16BrNO2. The van der Waals surface area contributed by atoms with Gasteiger partial charge in [0.25, 0.3) is 0 Å². The van der Waals surface area contributed by atoms with E-state index in [1.165, 1.54) is 0 Å². The highest BCUT2D eigenvalue weighted by molar-refractivity contribution is 9.10. The summed E-state index contributed by atoms with van der Waals surface area (Å²) in [4.78, 5) is 12.2. The van der Waals surface area contributed by atoms with Crippen LogP contribution in [0.15, 0.2) is 46.9 Å². The second-order valence-electron chi connectivity index (χ2n) is 5.05. The standard InChI is InChI=1S/C17H16BrNO2/c1-2-21-13-6-3-11(4-7-13)9-15-14-10-12(18)5-8-16(14)19-17(15)20/h3-8,10,15H,2,9H2,1H3,(H,19,20)/t15-/m1/s1. The first kappa shape index (κ1) is 14.1. The quantitative estimate of drug-likeness (QED) is 0.904. The van der Waals surface area contributed by atoms with Crippen LogP contribution >= 0.6 is 15.9 Å². The van der Waals surface area contributed by atoms with Gasteiger partial charge < -0.3 is 10.1 Å². The van der Waals surface area contributed by atoms with Gasteiger partial charge in [0.05, 0.1) is 12.5 Å². The number of anilines is 1. The lowest BCUT2D eigenvalue weighted by Crippen LogP contribution is -2.14. The SMILES string of the molecule is CCOc1ccc(C[C@H]2C(=O)Nc3ccc(Br)cc32)cc1. The molecular weight excluding hydrogens is 330 g/mol. The maximum atomic E-state index is 12.2. The minimum Gasteiger partial charge on any atom is -0.494 e. The Labute approximate surface area is 132 Å². The van der Waals surface area contributed by atoms with Gasteiger partial charge in [-0.3, -0.25) is 4.79 Å². The number of amides is 1. The number of rotatable bonds is 4. The third-order valence-corrected chi connectivity index (χ3v) is 4.13. The van der Waals surface area contributed by atoms with Crippen LogP contribution in [-0.2, 0) is 11.2 Å². The van der Waals surface area contributed by atoms with Crippen molar-refractivity contribution in [2.45, 2.75) is 19.3 Å². The van der Waals surface area contributed by atoms with Crippen molar-refractivity contribution in [2.75, 3.05) is 11.9 Å². The van der Waals surface area contributed by atoms with Crippen LogP contribution in [0.3, 0.4) is 0 Å². The Morgan fingerprint density at radius 3 is 2.67 bits per heavy atom. The van der Waals surface area contributed by atoms with Crippen LogP contribution in [0, 0.1) is 0 Å². The van der Waals surface area contributed by atoms with Gasteiger partial charge in [-0.1, -0.05) is 28.1 Å². The van der Waals surface area contributed by atoms with Crippen LogP contribution in [0.4, 0.5) is 5.69 Å².